The summed E-state index contributed by atoms with van der Waals surface area (Å²) in [6, 6.07) is 13.9. The van der Waals surface area contributed by atoms with Gasteiger partial charge in [0.15, 0.2) is 0 Å². The highest BCUT2D eigenvalue weighted by Gasteiger charge is 2.18. The van der Waals surface area contributed by atoms with Crippen LogP contribution in [0.5, 0.6) is 0 Å². The van der Waals surface area contributed by atoms with Crippen LogP contribution in [0.1, 0.15) is 25.0 Å². The molecule has 2 rings (SSSR count). The van der Waals surface area contributed by atoms with Crippen LogP contribution < -0.4 is 5.32 Å². The second-order valence-electron chi connectivity index (χ2n) is 5.58. The third-order valence-electron chi connectivity index (χ3n) is 3.49. The van der Waals surface area contributed by atoms with Gasteiger partial charge in [0.05, 0.1) is 22.3 Å². The lowest BCUT2D eigenvalue weighted by Gasteiger charge is -2.27. The third-order valence-corrected chi connectivity index (χ3v) is 4.05. The molecule has 0 aliphatic rings. The average molecular weight is 362 g/mol. The molecule has 0 radical (unpaired) electrons. The lowest BCUT2D eigenvalue weighted by atomic mass is 10.1. The molecule has 0 atom stereocenters. The van der Waals surface area contributed by atoms with E-state index in [4.69, 9.17) is 28.5 Å². The number of nitrogens with one attached hydrogen (secondary N) is 1. The first-order valence-electron chi connectivity index (χ1n) is 7.42. The molecule has 24 heavy (non-hydrogen) atoms. The number of hydrogen-bond donors (Lipinski definition) is 1. The number of halogens is 2. The number of urea groups is 1. The first-order valence-corrected chi connectivity index (χ1v) is 8.18. The van der Waals surface area contributed by atoms with Crippen LogP contribution in [0, 0.1) is 11.3 Å². The molecule has 0 saturated heterocycles. The number of anilines is 1. The summed E-state index contributed by atoms with van der Waals surface area (Å²) in [4.78, 5) is 14.3. The summed E-state index contributed by atoms with van der Waals surface area (Å²) in [7, 11) is 0. The van der Waals surface area contributed by atoms with E-state index in [1.807, 2.05) is 26.0 Å². The standard InChI is InChI=1S/C18H17Cl2N3O/c1-12(2)23(11-14-5-3-13(10-21)4-6-14)18(24)22-17-9-15(19)7-8-16(17)20/h3-9,12H,11H2,1-2H3,(H,22,24). The van der Waals surface area contributed by atoms with E-state index in [1.54, 1.807) is 35.2 Å². The molecule has 0 bridgehead atoms. The Hall–Kier alpha value is -2.22. The van der Waals surface area contributed by atoms with E-state index in [2.05, 4.69) is 11.4 Å². The third kappa shape index (κ3) is 4.64. The van der Waals surface area contributed by atoms with Gasteiger partial charge in [-0.1, -0.05) is 35.3 Å². The van der Waals surface area contributed by atoms with Crippen molar-refractivity contribution in [3.05, 3.63) is 63.6 Å². The number of benzene rings is 2. The zero-order valence-electron chi connectivity index (χ0n) is 13.4. The molecule has 0 saturated carbocycles. The molecule has 0 fully saturated rings. The fourth-order valence-corrected chi connectivity index (χ4v) is 2.49. The van der Waals surface area contributed by atoms with Crippen LogP contribution in [0.2, 0.25) is 10.0 Å². The van der Waals surface area contributed by atoms with Crippen LogP contribution >= 0.6 is 23.2 Å². The number of rotatable bonds is 4. The molecule has 2 amide bonds. The Morgan fingerprint density at radius 2 is 1.88 bits per heavy atom. The normalized spacial score (nSPS) is 10.3. The molecule has 0 aliphatic heterocycles. The number of carbonyl (C=O) groups excluding carboxylic acids is 1. The largest absolute Gasteiger partial charge is 0.322 e. The van der Waals surface area contributed by atoms with Crippen LogP contribution in [-0.2, 0) is 6.54 Å². The highest BCUT2D eigenvalue weighted by atomic mass is 35.5. The van der Waals surface area contributed by atoms with Crippen molar-refractivity contribution in [3.8, 4) is 6.07 Å². The number of amides is 2. The topological polar surface area (TPSA) is 56.1 Å². The fraction of sp³-hybridized carbons (Fsp3) is 0.222. The van der Waals surface area contributed by atoms with Gasteiger partial charge >= 0.3 is 6.03 Å². The Morgan fingerprint density at radius 1 is 1.21 bits per heavy atom. The molecule has 0 spiro atoms. The highest BCUT2D eigenvalue weighted by molar-refractivity contribution is 6.35. The lowest BCUT2D eigenvalue weighted by Crippen LogP contribution is -2.39. The molecule has 0 unspecified atom stereocenters. The summed E-state index contributed by atoms with van der Waals surface area (Å²) in [5, 5.41) is 12.6. The molecule has 1 N–H and O–H groups in total. The van der Waals surface area contributed by atoms with Crippen LogP contribution in [-0.4, -0.2) is 17.0 Å². The van der Waals surface area contributed by atoms with Gasteiger partial charge in [-0.2, -0.15) is 5.26 Å². The summed E-state index contributed by atoms with van der Waals surface area (Å²) < 4.78 is 0. The molecule has 0 aromatic heterocycles. The first-order chi connectivity index (χ1) is 11.4. The molecular weight excluding hydrogens is 345 g/mol. The maximum atomic E-state index is 12.6. The van der Waals surface area contributed by atoms with E-state index in [0.717, 1.165) is 5.56 Å². The Balaban J connectivity index is 2.15. The number of carbonyl (C=O) groups is 1. The summed E-state index contributed by atoms with van der Waals surface area (Å²) >= 11 is 12.0. The zero-order chi connectivity index (χ0) is 17.7. The van der Waals surface area contributed by atoms with Crippen LogP contribution in [0.15, 0.2) is 42.5 Å². The van der Waals surface area contributed by atoms with Gasteiger partial charge in [-0.05, 0) is 49.7 Å². The highest BCUT2D eigenvalue weighted by Crippen LogP contribution is 2.26. The summed E-state index contributed by atoms with van der Waals surface area (Å²) in [6.45, 7) is 4.29. The Kier molecular flexibility index (Phi) is 6.08. The van der Waals surface area contributed by atoms with Gasteiger partial charge in [0.2, 0.25) is 0 Å². The van der Waals surface area contributed by atoms with Gasteiger partial charge in [0, 0.05) is 17.6 Å². The van der Waals surface area contributed by atoms with E-state index < -0.39 is 0 Å². The van der Waals surface area contributed by atoms with E-state index >= 15 is 0 Å². The van der Waals surface area contributed by atoms with Crippen molar-refractivity contribution in [1.29, 1.82) is 5.26 Å². The smallest absolute Gasteiger partial charge is 0.318 e. The van der Waals surface area contributed by atoms with Gasteiger partial charge in [-0.15, -0.1) is 0 Å². The van der Waals surface area contributed by atoms with Gasteiger partial charge < -0.3 is 10.2 Å². The Morgan fingerprint density at radius 3 is 2.46 bits per heavy atom. The SMILES string of the molecule is CC(C)N(Cc1ccc(C#N)cc1)C(=O)Nc1cc(Cl)ccc1Cl. The Labute approximate surface area is 151 Å². The molecule has 4 nitrogen and oxygen atoms in total. The minimum atomic E-state index is -0.265. The molecule has 6 heteroatoms. The van der Waals surface area contributed by atoms with E-state index in [9.17, 15) is 4.79 Å². The number of nitriles is 1. The minimum Gasteiger partial charge on any atom is -0.318 e. The molecule has 124 valence electrons. The molecular formula is C18H17Cl2N3O. The average Bonchev–Trinajstić information content (AvgIpc) is 2.56. The predicted octanol–water partition coefficient (Wildman–Crippen LogP) is 5.31. The second-order valence-corrected chi connectivity index (χ2v) is 6.43. The van der Waals surface area contributed by atoms with Crippen LogP contribution in [0.25, 0.3) is 0 Å². The van der Waals surface area contributed by atoms with Crippen molar-refractivity contribution in [3.63, 3.8) is 0 Å². The van der Waals surface area contributed by atoms with E-state index in [0.29, 0.717) is 27.8 Å². The van der Waals surface area contributed by atoms with Gasteiger partial charge in [0.25, 0.3) is 0 Å². The van der Waals surface area contributed by atoms with Crippen molar-refractivity contribution < 1.29 is 4.79 Å². The fourth-order valence-electron chi connectivity index (χ4n) is 2.15. The van der Waals surface area contributed by atoms with Crippen molar-refractivity contribution in [2.45, 2.75) is 26.4 Å². The summed E-state index contributed by atoms with van der Waals surface area (Å²) in [5.74, 6) is 0. The van der Waals surface area contributed by atoms with Gasteiger partial charge in [-0.25, -0.2) is 4.79 Å². The van der Waals surface area contributed by atoms with Gasteiger partial charge in [-0.3, -0.25) is 0 Å². The second kappa shape index (κ2) is 8.05. The number of nitrogens with zero attached hydrogens (tertiary/aromatic N) is 2. The molecule has 0 aliphatic carbocycles. The van der Waals surface area contributed by atoms with E-state index in [1.165, 1.54) is 0 Å². The van der Waals surface area contributed by atoms with Crippen molar-refractivity contribution in [2.75, 3.05) is 5.32 Å². The Bertz CT molecular complexity index is 767. The van der Waals surface area contributed by atoms with Crippen molar-refractivity contribution in [1.82, 2.24) is 4.90 Å². The zero-order valence-corrected chi connectivity index (χ0v) is 14.9. The van der Waals surface area contributed by atoms with Gasteiger partial charge in [0.1, 0.15) is 0 Å². The maximum Gasteiger partial charge on any atom is 0.322 e. The van der Waals surface area contributed by atoms with Crippen LogP contribution in [0.3, 0.4) is 0 Å². The van der Waals surface area contributed by atoms with Crippen molar-refractivity contribution >= 4 is 34.9 Å². The molecule has 2 aromatic carbocycles. The monoisotopic (exact) mass is 361 g/mol. The molecule has 2 aromatic rings. The number of hydrogen-bond acceptors (Lipinski definition) is 2. The lowest BCUT2D eigenvalue weighted by molar-refractivity contribution is 0.193. The maximum absolute atomic E-state index is 12.6. The van der Waals surface area contributed by atoms with E-state index in [-0.39, 0.29) is 12.1 Å². The minimum absolute atomic E-state index is 0.0152. The first kappa shape index (κ1) is 18.1. The summed E-state index contributed by atoms with van der Waals surface area (Å²) in [5.41, 5.74) is 2.00. The quantitative estimate of drug-likeness (QED) is 0.802. The van der Waals surface area contributed by atoms with Crippen LogP contribution in [0.4, 0.5) is 10.5 Å². The molecule has 0 heterocycles. The van der Waals surface area contributed by atoms with Crippen molar-refractivity contribution in [2.24, 2.45) is 0 Å². The predicted molar refractivity (Wildman–Crippen MR) is 97.3 cm³/mol. The summed E-state index contributed by atoms with van der Waals surface area (Å²) in [6.07, 6.45) is 0.